The number of alkyl halides is 2. The monoisotopic (exact) mass is 715 g/mol. The number of hydrogen-bond acceptors (Lipinski definition) is 6. The van der Waals surface area contributed by atoms with E-state index in [-0.39, 0.29) is 61.5 Å². The predicted molar refractivity (Wildman–Crippen MR) is 197 cm³/mol. The molecular weight excluding hydrogens is 660 g/mol. The minimum absolute atomic E-state index is 0.00278. The zero-order valence-electron chi connectivity index (χ0n) is 30.9. The molecule has 1 aromatic heterocycles. The minimum atomic E-state index is -2.65. The third kappa shape index (κ3) is 10.00. The Hall–Kier alpha value is -3.79. The molecule has 8 nitrogen and oxygen atoms in total. The Bertz CT molecular complexity index is 1640. The van der Waals surface area contributed by atoms with Gasteiger partial charge in [-0.15, -0.1) is 10.2 Å². The van der Waals surface area contributed by atoms with Crippen molar-refractivity contribution in [3.63, 3.8) is 0 Å². The molecule has 3 fully saturated rings. The van der Waals surface area contributed by atoms with Crippen LogP contribution in [0.3, 0.4) is 0 Å². The fraction of sp³-hybridized carbons (Fsp3) is 0.595. The van der Waals surface area contributed by atoms with Crippen LogP contribution in [-0.2, 0) is 33.6 Å². The molecule has 3 atom stereocenters. The summed E-state index contributed by atoms with van der Waals surface area (Å²) in [5, 5.41) is 12.4. The Morgan fingerprint density at radius 1 is 0.846 bits per heavy atom. The van der Waals surface area contributed by atoms with Gasteiger partial charge in [0.05, 0.1) is 12.5 Å². The van der Waals surface area contributed by atoms with Crippen LogP contribution < -0.4 is 5.32 Å². The molecule has 52 heavy (non-hydrogen) atoms. The summed E-state index contributed by atoms with van der Waals surface area (Å²) in [5.41, 5.74) is 3.47. The first-order valence-electron chi connectivity index (χ1n) is 19.5. The zero-order chi connectivity index (χ0) is 36.7. The lowest BCUT2D eigenvalue weighted by atomic mass is 9.86. The van der Waals surface area contributed by atoms with Gasteiger partial charge in [0, 0.05) is 56.3 Å². The Labute approximate surface area is 307 Å². The average Bonchev–Trinajstić information content (AvgIpc) is 3.61. The maximum atomic E-state index is 13.8. The number of Topliss-reactive ketones (excluding diaryl/α,β-unsaturated/α-hetero) is 2. The highest BCUT2D eigenvalue weighted by molar-refractivity contribution is 5.97. The number of nitrogens with one attached hydrogen (secondary N) is 1. The van der Waals surface area contributed by atoms with E-state index in [1.165, 1.54) is 25.3 Å². The first-order valence-corrected chi connectivity index (χ1v) is 19.5. The van der Waals surface area contributed by atoms with Crippen molar-refractivity contribution in [2.75, 3.05) is 6.54 Å². The fourth-order valence-corrected chi connectivity index (χ4v) is 8.89. The second-order valence-electron chi connectivity index (χ2n) is 15.6. The summed E-state index contributed by atoms with van der Waals surface area (Å²) in [6, 6.07) is 19.7. The molecule has 0 spiro atoms. The molecule has 0 radical (unpaired) electrons. The van der Waals surface area contributed by atoms with Crippen LogP contribution in [0.2, 0.25) is 0 Å². The van der Waals surface area contributed by atoms with Crippen molar-refractivity contribution in [3.8, 4) is 0 Å². The van der Waals surface area contributed by atoms with Crippen molar-refractivity contribution < 1.29 is 23.2 Å². The Morgan fingerprint density at radius 2 is 1.48 bits per heavy atom. The fourth-order valence-electron chi connectivity index (χ4n) is 8.89. The number of piperidine rings is 1. The second kappa shape index (κ2) is 17.4. The minimum Gasteiger partial charge on any atom is -0.349 e. The van der Waals surface area contributed by atoms with E-state index in [1.54, 1.807) is 0 Å². The molecule has 2 bridgehead atoms. The lowest BCUT2D eigenvalue weighted by Gasteiger charge is -2.40. The number of nitrogens with zero attached hydrogens (tertiary/aromatic N) is 4. The van der Waals surface area contributed by atoms with Crippen molar-refractivity contribution in [2.45, 2.75) is 147 Å². The molecule has 1 saturated carbocycles. The summed E-state index contributed by atoms with van der Waals surface area (Å²) in [5.74, 6) is -1.10. The number of unbranched alkanes of at least 4 members (excludes halogenated alkanes) is 1. The van der Waals surface area contributed by atoms with Crippen molar-refractivity contribution in [1.29, 1.82) is 0 Å². The molecule has 3 aliphatic rings. The van der Waals surface area contributed by atoms with Crippen LogP contribution in [0.5, 0.6) is 0 Å². The number of amides is 1. The number of hydrogen-bond donors (Lipinski definition) is 1. The maximum Gasteiger partial charge on any atom is 0.248 e. The maximum absolute atomic E-state index is 13.8. The zero-order valence-corrected chi connectivity index (χ0v) is 30.9. The first-order chi connectivity index (χ1) is 25.0. The van der Waals surface area contributed by atoms with Gasteiger partial charge in [0.15, 0.2) is 0 Å². The standard InChI is InChI=1S/C42H55F2N5O3/c1-29(50)26-38(51)19-16-32-14-12-31(13-15-32)8-6-7-11-40-47-46-30(2)49(40)37-27-35-17-18-36(28-37)48(35)25-22-39(33-9-4-3-5-10-33)45-41(52)34-20-23-42(43,44)24-21-34/h3-5,9-10,12-15,34-37,39H,6-8,11,16-28H2,1-2H3,(H,45,52)/t35?,36?,37?,39-/m0/s1. The highest BCUT2D eigenvalue weighted by atomic mass is 19.3. The quantitative estimate of drug-likeness (QED) is 0.113. The van der Waals surface area contributed by atoms with Gasteiger partial charge in [-0.2, -0.15) is 0 Å². The van der Waals surface area contributed by atoms with Gasteiger partial charge in [0.1, 0.15) is 23.2 Å². The van der Waals surface area contributed by atoms with Gasteiger partial charge in [-0.25, -0.2) is 8.78 Å². The normalized spacial score (nSPS) is 22.3. The average molecular weight is 716 g/mol. The summed E-state index contributed by atoms with van der Waals surface area (Å²) in [6.45, 7) is 4.41. The molecule has 6 rings (SSSR count). The SMILES string of the molecule is CC(=O)CC(=O)CCc1ccc(CCCCc2nnc(C)n2C2CC3CCC(C2)N3CC[C@H](NC(=O)C2CCC(F)(F)CC2)c2ccccc2)cc1. The highest BCUT2D eigenvalue weighted by Crippen LogP contribution is 2.42. The number of aryl methyl sites for hydroxylation is 4. The van der Waals surface area contributed by atoms with E-state index in [0.29, 0.717) is 31.0 Å². The summed E-state index contributed by atoms with van der Waals surface area (Å²) in [4.78, 5) is 39.0. The van der Waals surface area contributed by atoms with E-state index < -0.39 is 5.92 Å². The summed E-state index contributed by atoms with van der Waals surface area (Å²) >= 11 is 0. The molecule has 3 heterocycles. The number of ketones is 2. The number of rotatable bonds is 17. The second-order valence-corrected chi connectivity index (χ2v) is 15.6. The van der Waals surface area contributed by atoms with E-state index in [4.69, 9.17) is 0 Å². The molecule has 1 N–H and O–H groups in total. The van der Waals surface area contributed by atoms with Crippen LogP contribution >= 0.6 is 0 Å². The number of aromatic nitrogens is 3. The molecule has 1 aliphatic carbocycles. The van der Waals surface area contributed by atoms with E-state index in [2.05, 4.69) is 68.3 Å². The molecule has 2 aromatic carbocycles. The lowest BCUT2D eigenvalue weighted by Crippen LogP contribution is -2.45. The largest absolute Gasteiger partial charge is 0.349 e. The van der Waals surface area contributed by atoms with E-state index >= 15 is 0 Å². The molecular formula is C42H55F2N5O3. The van der Waals surface area contributed by atoms with Crippen molar-refractivity contribution in [1.82, 2.24) is 25.0 Å². The summed E-state index contributed by atoms with van der Waals surface area (Å²) in [7, 11) is 0. The van der Waals surface area contributed by atoms with Crippen LogP contribution in [0.15, 0.2) is 54.6 Å². The smallest absolute Gasteiger partial charge is 0.248 e. The van der Waals surface area contributed by atoms with Crippen LogP contribution in [0.25, 0.3) is 0 Å². The van der Waals surface area contributed by atoms with Gasteiger partial charge in [-0.3, -0.25) is 19.3 Å². The third-order valence-electron chi connectivity index (χ3n) is 11.7. The van der Waals surface area contributed by atoms with Gasteiger partial charge in [-0.1, -0.05) is 54.6 Å². The predicted octanol–water partition coefficient (Wildman–Crippen LogP) is 7.87. The molecule has 1 amide bonds. The van der Waals surface area contributed by atoms with Crippen molar-refractivity contribution in [3.05, 3.63) is 82.9 Å². The molecule has 2 unspecified atom stereocenters. The summed E-state index contributed by atoms with van der Waals surface area (Å²) in [6.07, 6.45) is 10.4. The van der Waals surface area contributed by atoms with Crippen molar-refractivity contribution in [2.24, 2.45) is 5.92 Å². The molecule has 10 heteroatoms. The van der Waals surface area contributed by atoms with Crippen LogP contribution in [-0.4, -0.2) is 61.7 Å². The van der Waals surface area contributed by atoms with Crippen LogP contribution in [0.4, 0.5) is 8.78 Å². The number of benzene rings is 2. The van der Waals surface area contributed by atoms with Gasteiger partial charge in [-0.05, 0) is 101 Å². The number of carbonyl (C=O) groups excluding carboxylic acids is 3. The Kier molecular flexibility index (Phi) is 12.7. The number of halogens is 2. The van der Waals surface area contributed by atoms with Crippen LogP contribution in [0, 0.1) is 12.8 Å². The molecule has 3 aromatic rings. The van der Waals surface area contributed by atoms with Crippen molar-refractivity contribution >= 4 is 17.5 Å². The van der Waals surface area contributed by atoms with Gasteiger partial charge in [0.2, 0.25) is 11.8 Å². The number of carbonyl (C=O) groups is 3. The van der Waals surface area contributed by atoms with E-state index in [1.807, 2.05) is 18.2 Å². The molecule has 2 saturated heterocycles. The third-order valence-corrected chi connectivity index (χ3v) is 11.7. The highest BCUT2D eigenvalue weighted by Gasteiger charge is 2.42. The van der Waals surface area contributed by atoms with Gasteiger partial charge in [0.25, 0.3) is 0 Å². The van der Waals surface area contributed by atoms with Gasteiger partial charge >= 0.3 is 0 Å². The van der Waals surface area contributed by atoms with E-state index in [9.17, 15) is 23.2 Å². The lowest BCUT2D eigenvalue weighted by molar-refractivity contribution is -0.130. The van der Waals surface area contributed by atoms with Gasteiger partial charge < -0.3 is 9.88 Å². The van der Waals surface area contributed by atoms with Crippen LogP contribution in [0.1, 0.15) is 131 Å². The molecule has 2 aliphatic heterocycles. The first kappa shape index (κ1) is 38.0. The molecule has 280 valence electrons. The summed E-state index contributed by atoms with van der Waals surface area (Å²) < 4.78 is 30.0. The number of fused-ring (bicyclic) bond motifs is 2. The topological polar surface area (TPSA) is 97.2 Å². The van der Waals surface area contributed by atoms with E-state index in [0.717, 1.165) is 74.3 Å². The Balaban J connectivity index is 0.989. The Morgan fingerprint density at radius 3 is 2.13 bits per heavy atom.